The largest absolute Gasteiger partial charge is 0.416 e. The van der Waals surface area contributed by atoms with Crippen LogP contribution in [0.4, 0.5) is 40.7 Å². The first kappa shape index (κ1) is 23.9. The molecule has 0 bridgehead atoms. The van der Waals surface area contributed by atoms with Crippen molar-refractivity contribution in [3.05, 3.63) is 35.8 Å². The monoisotopic (exact) mass is 494 g/mol. The van der Waals surface area contributed by atoms with E-state index in [1.54, 1.807) is 13.2 Å². The van der Waals surface area contributed by atoms with Crippen molar-refractivity contribution in [2.75, 3.05) is 27.5 Å². The average Bonchev–Trinajstić information content (AvgIpc) is 3.43. The lowest BCUT2D eigenvalue weighted by Crippen LogP contribution is -2.51. The van der Waals surface area contributed by atoms with E-state index in [-0.39, 0.29) is 23.9 Å². The Balaban J connectivity index is 1.44. The summed E-state index contributed by atoms with van der Waals surface area (Å²) in [6, 6.07) is 2.70. The molecule has 1 aromatic heterocycles. The fourth-order valence-electron chi connectivity index (χ4n) is 5.38. The van der Waals surface area contributed by atoms with E-state index in [1.165, 1.54) is 0 Å². The van der Waals surface area contributed by atoms with Crippen molar-refractivity contribution in [1.29, 1.82) is 0 Å². The van der Waals surface area contributed by atoms with Gasteiger partial charge in [-0.15, -0.1) is 0 Å². The second-order valence-electron chi connectivity index (χ2n) is 9.72. The van der Waals surface area contributed by atoms with Gasteiger partial charge in [-0.05, 0) is 56.7 Å². The lowest BCUT2D eigenvalue weighted by atomic mass is 9.93. The Morgan fingerprint density at radius 2 is 1.74 bits per heavy atom. The lowest BCUT2D eigenvalue weighted by molar-refractivity contribution is -0.137. The zero-order valence-electron chi connectivity index (χ0n) is 19.5. The third-order valence-corrected chi connectivity index (χ3v) is 7.33. The Kier molecular flexibility index (Phi) is 6.37. The number of aliphatic hydroxyl groups is 1. The van der Waals surface area contributed by atoms with Crippen LogP contribution < -0.4 is 20.4 Å². The maximum Gasteiger partial charge on any atom is 0.416 e. The summed E-state index contributed by atoms with van der Waals surface area (Å²) in [5, 5.41) is 16.2. The Hall–Kier alpha value is -2.82. The maximum atomic E-state index is 14.6. The molecular formula is C24H30F4N6O. The molecule has 11 heteroatoms. The van der Waals surface area contributed by atoms with Gasteiger partial charge in [0, 0.05) is 19.1 Å². The molecule has 2 fully saturated rings. The maximum absolute atomic E-state index is 14.6. The molecule has 7 nitrogen and oxygen atoms in total. The molecule has 2 heterocycles. The van der Waals surface area contributed by atoms with Crippen LogP contribution in [-0.4, -0.2) is 46.6 Å². The number of nitrogens with one attached hydrogen (secondary N) is 2. The summed E-state index contributed by atoms with van der Waals surface area (Å²) in [5.41, 5.74) is -0.387. The summed E-state index contributed by atoms with van der Waals surface area (Å²) < 4.78 is 54.4. The molecular weight excluding hydrogens is 464 g/mol. The summed E-state index contributed by atoms with van der Waals surface area (Å²) in [6.45, 7) is 0. The van der Waals surface area contributed by atoms with Gasteiger partial charge in [-0.25, -0.2) is 9.37 Å². The van der Waals surface area contributed by atoms with Crippen molar-refractivity contribution >= 4 is 23.1 Å². The van der Waals surface area contributed by atoms with Crippen molar-refractivity contribution in [1.82, 2.24) is 9.97 Å². The summed E-state index contributed by atoms with van der Waals surface area (Å²) in [5.74, 6) is 0.409. The molecule has 0 spiro atoms. The highest BCUT2D eigenvalue weighted by Crippen LogP contribution is 2.43. The van der Waals surface area contributed by atoms with Gasteiger partial charge in [-0.1, -0.05) is 12.8 Å². The molecule has 3 N–H and O–H groups in total. The van der Waals surface area contributed by atoms with E-state index >= 15 is 0 Å². The number of nitrogens with zero attached hydrogens (tertiary/aromatic N) is 4. The van der Waals surface area contributed by atoms with Crippen LogP contribution in [0.1, 0.15) is 56.9 Å². The molecule has 190 valence electrons. The predicted molar refractivity (Wildman–Crippen MR) is 126 cm³/mol. The first-order valence-electron chi connectivity index (χ1n) is 12.2. The van der Waals surface area contributed by atoms with Gasteiger partial charge in [0.1, 0.15) is 11.5 Å². The number of hydrogen-bond acceptors (Lipinski definition) is 7. The van der Waals surface area contributed by atoms with Gasteiger partial charge in [0.2, 0.25) is 5.95 Å². The number of hydrogen-bond donors (Lipinski definition) is 3. The van der Waals surface area contributed by atoms with Crippen LogP contribution in [0, 0.1) is 5.82 Å². The van der Waals surface area contributed by atoms with Crippen LogP contribution in [0.2, 0.25) is 0 Å². The highest BCUT2D eigenvalue weighted by molar-refractivity contribution is 5.76. The third kappa shape index (κ3) is 4.82. The van der Waals surface area contributed by atoms with Crippen LogP contribution in [-0.2, 0) is 6.18 Å². The van der Waals surface area contributed by atoms with Gasteiger partial charge in [-0.2, -0.15) is 18.2 Å². The van der Waals surface area contributed by atoms with E-state index in [2.05, 4.69) is 20.5 Å². The first-order chi connectivity index (χ1) is 16.7. The molecule has 0 amide bonds. The van der Waals surface area contributed by atoms with Crippen molar-refractivity contribution in [3.63, 3.8) is 0 Å². The fourth-order valence-corrected chi connectivity index (χ4v) is 5.38. The lowest BCUT2D eigenvalue weighted by Gasteiger charge is -2.35. The number of alkyl halides is 3. The van der Waals surface area contributed by atoms with Gasteiger partial charge in [0.25, 0.3) is 0 Å². The van der Waals surface area contributed by atoms with Gasteiger partial charge in [0.15, 0.2) is 12.1 Å². The van der Waals surface area contributed by atoms with E-state index in [0.717, 1.165) is 75.3 Å². The average molecular weight is 495 g/mol. The third-order valence-electron chi connectivity index (χ3n) is 7.33. The molecule has 2 aromatic rings. The number of rotatable bonds is 5. The zero-order chi connectivity index (χ0) is 24.7. The minimum atomic E-state index is -4.57. The van der Waals surface area contributed by atoms with E-state index < -0.39 is 23.8 Å². The topological polar surface area (TPSA) is 76.5 Å². The van der Waals surface area contributed by atoms with Gasteiger partial charge in [0.05, 0.1) is 23.6 Å². The van der Waals surface area contributed by atoms with Crippen molar-refractivity contribution in [2.24, 2.45) is 0 Å². The number of halogens is 4. The molecule has 2 saturated carbocycles. The molecule has 1 aliphatic heterocycles. The van der Waals surface area contributed by atoms with Crippen LogP contribution in [0.5, 0.6) is 0 Å². The number of anilines is 4. The highest BCUT2D eigenvalue weighted by Gasteiger charge is 2.41. The molecule has 1 aromatic carbocycles. The molecule has 3 aliphatic rings. The normalized spacial score (nSPS) is 25.1. The smallest absolute Gasteiger partial charge is 0.393 e. The van der Waals surface area contributed by atoms with Crippen molar-refractivity contribution in [3.8, 4) is 0 Å². The Morgan fingerprint density at radius 3 is 2.43 bits per heavy atom. The number of benzene rings is 1. The van der Waals surface area contributed by atoms with Gasteiger partial charge in [-0.3, -0.25) is 0 Å². The Morgan fingerprint density at radius 1 is 1.03 bits per heavy atom. The van der Waals surface area contributed by atoms with E-state index in [1.807, 2.05) is 4.90 Å². The molecule has 1 atom stereocenters. The summed E-state index contributed by atoms with van der Waals surface area (Å²) in [4.78, 5) is 13.2. The fraction of sp³-hybridized carbons (Fsp3) is 0.583. The minimum Gasteiger partial charge on any atom is -0.393 e. The van der Waals surface area contributed by atoms with Crippen LogP contribution in [0.15, 0.2) is 24.4 Å². The zero-order valence-corrected chi connectivity index (χ0v) is 19.5. The summed E-state index contributed by atoms with van der Waals surface area (Å²) >= 11 is 0. The predicted octanol–water partition coefficient (Wildman–Crippen LogP) is 4.94. The standard InChI is InChI=1S/C24H30F4N6O/c1-33-20-13-29-22(30-15-7-9-17(35)10-8-15)32-21(20)34(16-4-2-3-5-16)23(33)31-19-12-14(24(26,27)28)6-11-18(19)25/h6,11-13,15-17,23,31,35H,2-5,7-10H2,1H3,(H,29,30,32). The van der Waals surface area contributed by atoms with Crippen LogP contribution in [0.25, 0.3) is 0 Å². The van der Waals surface area contributed by atoms with E-state index in [4.69, 9.17) is 4.98 Å². The highest BCUT2D eigenvalue weighted by atomic mass is 19.4. The molecule has 35 heavy (non-hydrogen) atoms. The van der Waals surface area contributed by atoms with Crippen molar-refractivity contribution in [2.45, 2.75) is 82.0 Å². The van der Waals surface area contributed by atoms with E-state index in [9.17, 15) is 22.7 Å². The SMILES string of the molecule is CN1c2cnc(NC3CCC(O)CC3)nc2N(C2CCCC2)C1Nc1cc(C(F)(F)F)ccc1F. The Bertz CT molecular complexity index is 1050. The van der Waals surface area contributed by atoms with Gasteiger partial charge >= 0.3 is 6.18 Å². The van der Waals surface area contributed by atoms with E-state index in [0.29, 0.717) is 11.8 Å². The quantitative estimate of drug-likeness (QED) is 0.508. The number of aliphatic hydroxyl groups excluding tert-OH is 1. The van der Waals surface area contributed by atoms with Crippen LogP contribution in [0.3, 0.4) is 0 Å². The summed E-state index contributed by atoms with van der Waals surface area (Å²) in [7, 11) is 1.80. The molecule has 5 rings (SSSR count). The van der Waals surface area contributed by atoms with Gasteiger partial charge < -0.3 is 25.5 Å². The minimum absolute atomic E-state index is 0.123. The molecule has 2 aliphatic carbocycles. The summed E-state index contributed by atoms with van der Waals surface area (Å²) in [6.07, 6.45) is 3.31. The Labute approximate surface area is 201 Å². The number of fused-ring (bicyclic) bond motifs is 1. The van der Waals surface area contributed by atoms with Crippen molar-refractivity contribution < 1.29 is 22.7 Å². The molecule has 0 radical (unpaired) electrons. The first-order valence-corrected chi connectivity index (χ1v) is 12.2. The molecule has 1 unspecified atom stereocenters. The van der Waals surface area contributed by atoms with Crippen LogP contribution >= 0.6 is 0 Å². The molecule has 0 saturated heterocycles. The number of aromatic nitrogens is 2. The second kappa shape index (κ2) is 9.33. The second-order valence-corrected chi connectivity index (χ2v) is 9.72.